The van der Waals surface area contributed by atoms with Gasteiger partial charge < -0.3 is 23.4 Å². The fourth-order valence-corrected chi connectivity index (χ4v) is 6.86. The van der Waals surface area contributed by atoms with Crippen LogP contribution in [0.3, 0.4) is 0 Å². The van der Waals surface area contributed by atoms with Gasteiger partial charge in [0.1, 0.15) is 5.60 Å². The Hall–Kier alpha value is -3.88. The van der Waals surface area contributed by atoms with Crippen molar-refractivity contribution >= 4 is 23.9 Å². The summed E-state index contributed by atoms with van der Waals surface area (Å²) in [4.78, 5) is 51.2. The highest BCUT2D eigenvalue weighted by Crippen LogP contribution is 2.59. The van der Waals surface area contributed by atoms with Crippen molar-refractivity contribution in [1.29, 1.82) is 0 Å². The van der Waals surface area contributed by atoms with Crippen LogP contribution in [0.15, 0.2) is 69.6 Å². The molecule has 2 aliphatic carbocycles. The zero-order valence-corrected chi connectivity index (χ0v) is 26.2. The van der Waals surface area contributed by atoms with Gasteiger partial charge in [-0.1, -0.05) is 30.7 Å². The van der Waals surface area contributed by atoms with E-state index in [9.17, 15) is 19.2 Å². The first-order valence-electron chi connectivity index (χ1n) is 14.7. The highest BCUT2D eigenvalue weighted by molar-refractivity contribution is 5.88. The first kappa shape index (κ1) is 32.0. The van der Waals surface area contributed by atoms with Crippen molar-refractivity contribution in [2.75, 3.05) is 7.11 Å². The fourth-order valence-electron chi connectivity index (χ4n) is 6.86. The van der Waals surface area contributed by atoms with E-state index in [0.717, 1.165) is 22.3 Å². The molecule has 9 heteroatoms. The third-order valence-corrected chi connectivity index (χ3v) is 9.26. The van der Waals surface area contributed by atoms with Crippen molar-refractivity contribution in [3.8, 4) is 0 Å². The van der Waals surface area contributed by atoms with E-state index in [0.29, 0.717) is 12.0 Å². The molecule has 0 saturated carbocycles. The molecule has 0 fully saturated rings. The van der Waals surface area contributed by atoms with E-state index in [1.54, 1.807) is 52.4 Å². The van der Waals surface area contributed by atoms with Crippen LogP contribution in [0, 0.1) is 17.3 Å². The second-order valence-electron chi connectivity index (χ2n) is 12.4. The van der Waals surface area contributed by atoms with Crippen LogP contribution in [-0.4, -0.2) is 48.8 Å². The third kappa shape index (κ3) is 6.26. The van der Waals surface area contributed by atoms with E-state index in [4.69, 9.17) is 23.4 Å². The Morgan fingerprint density at radius 3 is 2.44 bits per heavy atom. The summed E-state index contributed by atoms with van der Waals surface area (Å²) in [5, 5.41) is 0. The average molecular weight is 595 g/mol. The van der Waals surface area contributed by atoms with E-state index in [1.165, 1.54) is 14.0 Å². The van der Waals surface area contributed by atoms with Crippen LogP contribution < -0.4 is 0 Å². The Balaban J connectivity index is 1.79. The number of methoxy groups -OCH3 is 1. The molecule has 0 amide bonds. The molecule has 0 radical (unpaired) electrons. The molecule has 0 saturated heterocycles. The smallest absolute Gasteiger partial charge is 0.333 e. The first-order chi connectivity index (χ1) is 20.2. The minimum absolute atomic E-state index is 0.0807. The van der Waals surface area contributed by atoms with Crippen LogP contribution in [0.25, 0.3) is 0 Å². The topological polar surface area (TPSA) is 118 Å². The molecule has 1 aromatic heterocycles. The maximum absolute atomic E-state index is 13.5. The van der Waals surface area contributed by atoms with Crippen molar-refractivity contribution in [2.45, 2.75) is 91.5 Å². The number of hydrogen-bond acceptors (Lipinski definition) is 9. The van der Waals surface area contributed by atoms with E-state index in [2.05, 4.69) is 6.08 Å². The molecule has 6 atom stereocenters. The second kappa shape index (κ2) is 12.4. The molecular formula is C34H42O9. The number of esters is 4. The molecule has 0 spiro atoms. The number of ether oxygens (including phenoxy) is 4. The van der Waals surface area contributed by atoms with E-state index >= 15 is 0 Å². The van der Waals surface area contributed by atoms with Gasteiger partial charge in [-0.3, -0.25) is 14.4 Å². The number of carbonyl (C=O) groups is 4. The Kier molecular flexibility index (Phi) is 9.23. The molecule has 4 rings (SSSR count). The van der Waals surface area contributed by atoms with Crippen molar-refractivity contribution in [1.82, 2.24) is 0 Å². The van der Waals surface area contributed by atoms with Crippen molar-refractivity contribution < 1.29 is 42.5 Å². The lowest BCUT2D eigenvalue weighted by atomic mass is 9.62. The number of carbonyl (C=O) groups excluding carboxylic acids is 4. The summed E-state index contributed by atoms with van der Waals surface area (Å²) in [6.07, 6.45) is 9.98. The molecular weight excluding hydrogens is 552 g/mol. The Bertz CT molecular complexity index is 1390. The summed E-state index contributed by atoms with van der Waals surface area (Å²) in [7, 11) is 1.34. The highest BCUT2D eigenvalue weighted by Gasteiger charge is 2.57. The van der Waals surface area contributed by atoms with Gasteiger partial charge in [-0.2, -0.15) is 0 Å². The number of cyclic esters (lactones) is 1. The van der Waals surface area contributed by atoms with Crippen LogP contribution in [0.5, 0.6) is 0 Å². The lowest BCUT2D eigenvalue weighted by Crippen LogP contribution is -2.51. The largest absolute Gasteiger partial charge is 0.472 e. The van der Waals surface area contributed by atoms with Gasteiger partial charge in [-0.25, -0.2) is 4.79 Å². The van der Waals surface area contributed by atoms with Gasteiger partial charge in [0, 0.05) is 29.7 Å². The normalized spacial score (nSPS) is 30.1. The van der Waals surface area contributed by atoms with E-state index in [1.807, 2.05) is 26.0 Å². The molecule has 6 unspecified atom stereocenters. The zero-order chi connectivity index (χ0) is 31.7. The molecule has 3 aliphatic rings. The van der Waals surface area contributed by atoms with Crippen LogP contribution in [0.1, 0.15) is 79.2 Å². The standard InChI is InChI=1S/C34H42O9/c1-9-19(2)31(37)42-30-28(41-21(4)35)16-23(26-11-10-25(34(26,30)7)22-12-13-40-18-22)15-24-14-20(3)27(17-29(36)39-8)33(5,6)43-32(24)38/h9,11-14,16,18,24-25,27-28,30H,10,15,17H2,1-8H3. The fraction of sp³-hybridized carbons (Fsp3) is 0.529. The maximum atomic E-state index is 13.5. The van der Waals surface area contributed by atoms with Crippen LogP contribution in [0.2, 0.25) is 0 Å². The number of furan rings is 1. The zero-order valence-electron chi connectivity index (χ0n) is 26.2. The quantitative estimate of drug-likeness (QED) is 0.156. The van der Waals surface area contributed by atoms with E-state index in [-0.39, 0.29) is 30.6 Å². The highest BCUT2D eigenvalue weighted by atomic mass is 16.6. The summed E-state index contributed by atoms with van der Waals surface area (Å²) >= 11 is 0. The average Bonchev–Trinajstić information content (AvgIpc) is 3.58. The number of allylic oxidation sites excluding steroid dienone is 3. The SMILES string of the molecule is CC=C(C)C(=O)OC1C(OC(C)=O)C=C(CC2C=C(C)C(CC(=O)OC)C(C)(C)OC2=O)C2=CCC(c3ccoc3)C21C. The lowest BCUT2D eigenvalue weighted by molar-refractivity contribution is -0.170. The third-order valence-electron chi connectivity index (χ3n) is 9.26. The van der Waals surface area contributed by atoms with Gasteiger partial charge in [-0.15, -0.1) is 0 Å². The Morgan fingerprint density at radius 1 is 1.12 bits per heavy atom. The molecule has 232 valence electrons. The van der Waals surface area contributed by atoms with Gasteiger partial charge in [0.2, 0.25) is 0 Å². The molecule has 0 N–H and O–H groups in total. The summed E-state index contributed by atoms with van der Waals surface area (Å²) in [6.45, 7) is 12.3. The molecule has 43 heavy (non-hydrogen) atoms. The monoisotopic (exact) mass is 594 g/mol. The molecule has 1 aromatic rings. The Morgan fingerprint density at radius 2 is 1.84 bits per heavy atom. The number of rotatable bonds is 8. The maximum Gasteiger partial charge on any atom is 0.333 e. The van der Waals surface area contributed by atoms with Gasteiger partial charge in [0.15, 0.2) is 12.2 Å². The van der Waals surface area contributed by atoms with Crippen LogP contribution >= 0.6 is 0 Å². The molecule has 0 aromatic carbocycles. The number of hydrogen-bond donors (Lipinski definition) is 0. The molecule has 1 aliphatic heterocycles. The van der Waals surface area contributed by atoms with E-state index < -0.39 is 47.0 Å². The molecule has 0 bridgehead atoms. The van der Waals surface area contributed by atoms with Gasteiger partial charge in [0.05, 0.1) is 32.0 Å². The summed E-state index contributed by atoms with van der Waals surface area (Å²) in [5.74, 6) is -2.97. The summed E-state index contributed by atoms with van der Waals surface area (Å²) < 4.78 is 28.3. The first-order valence-corrected chi connectivity index (χ1v) is 14.7. The molecule has 9 nitrogen and oxygen atoms in total. The van der Waals surface area contributed by atoms with Gasteiger partial charge in [-0.05, 0) is 76.3 Å². The predicted molar refractivity (Wildman–Crippen MR) is 157 cm³/mol. The van der Waals surface area contributed by atoms with Crippen molar-refractivity contribution in [2.24, 2.45) is 17.3 Å². The van der Waals surface area contributed by atoms with Gasteiger partial charge >= 0.3 is 23.9 Å². The lowest BCUT2D eigenvalue weighted by Gasteiger charge is -2.47. The molecule has 2 heterocycles. The minimum atomic E-state index is -0.931. The minimum Gasteiger partial charge on any atom is -0.472 e. The summed E-state index contributed by atoms with van der Waals surface area (Å²) in [5.41, 5.74) is 2.22. The van der Waals surface area contributed by atoms with Gasteiger partial charge in [0.25, 0.3) is 0 Å². The number of fused-ring (bicyclic) bond motifs is 1. The van der Waals surface area contributed by atoms with Crippen LogP contribution in [0.4, 0.5) is 0 Å². The van der Waals surface area contributed by atoms with Crippen molar-refractivity contribution in [3.05, 3.63) is 70.8 Å². The Labute approximate surface area is 252 Å². The van der Waals surface area contributed by atoms with Crippen LogP contribution in [-0.2, 0) is 38.1 Å². The summed E-state index contributed by atoms with van der Waals surface area (Å²) in [6, 6.07) is 1.89. The second-order valence-corrected chi connectivity index (χ2v) is 12.4. The predicted octanol–water partition coefficient (Wildman–Crippen LogP) is 5.92. The van der Waals surface area contributed by atoms with Crippen molar-refractivity contribution in [3.63, 3.8) is 0 Å².